The van der Waals surface area contributed by atoms with Gasteiger partial charge in [-0.1, -0.05) is 106 Å². The highest BCUT2D eigenvalue weighted by molar-refractivity contribution is 5.94. The predicted octanol–water partition coefficient (Wildman–Crippen LogP) is 8.46. The highest BCUT2D eigenvalue weighted by Crippen LogP contribution is 2.24. The molecule has 0 spiro atoms. The third-order valence-corrected chi connectivity index (χ3v) is 8.22. The smallest absolute Gasteiger partial charge is 0.254 e. The number of piperidine rings is 1. The van der Waals surface area contributed by atoms with E-state index in [0.717, 1.165) is 50.9 Å². The Hall–Kier alpha value is -2.91. The van der Waals surface area contributed by atoms with Crippen LogP contribution in [0.3, 0.4) is 0 Å². The fraction of sp³-hybridized carbons (Fsp3) is 0.472. The van der Waals surface area contributed by atoms with E-state index in [4.69, 9.17) is 0 Å². The molecule has 1 saturated heterocycles. The second kappa shape index (κ2) is 15.6. The molecule has 4 rings (SSSR count). The topological polar surface area (TPSA) is 23.6 Å². The fourth-order valence-corrected chi connectivity index (χ4v) is 5.74. The van der Waals surface area contributed by atoms with E-state index in [1.165, 1.54) is 60.8 Å². The minimum absolute atomic E-state index is 0.170. The van der Waals surface area contributed by atoms with Gasteiger partial charge in [0.05, 0.1) is 0 Å². The Morgan fingerprint density at radius 2 is 1.23 bits per heavy atom. The number of nitrogens with zero attached hydrogens (tertiary/aromatic N) is 2. The maximum Gasteiger partial charge on any atom is 0.254 e. The van der Waals surface area contributed by atoms with E-state index >= 15 is 0 Å². The number of amides is 1. The molecule has 3 aromatic rings. The zero-order valence-electron chi connectivity index (χ0n) is 24.3. The van der Waals surface area contributed by atoms with Crippen LogP contribution in [0.25, 0.3) is 0 Å². The summed E-state index contributed by atoms with van der Waals surface area (Å²) in [4.78, 5) is 18.6. The number of hydrogen-bond donors (Lipinski definition) is 0. The van der Waals surface area contributed by atoms with Gasteiger partial charge in [0.25, 0.3) is 5.91 Å². The average Bonchev–Trinajstić information content (AvgIpc) is 2.98. The molecule has 0 atom stereocenters. The summed E-state index contributed by atoms with van der Waals surface area (Å²) >= 11 is 0. The summed E-state index contributed by atoms with van der Waals surface area (Å²) in [5, 5.41) is 0. The number of unbranched alkanes of at least 4 members (excludes halogenated alkanes) is 4. The van der Waals surface area contributed by atoms with Crippen molar-refractivity contribution in [2.24, 2.45) is 0 Å². The van der Waals surface area contributed by atoms with Crippen molar-refractivity contribution in [2.75, 3.05) is 13.1 Å². The monoisotopic (exact) mass is 524 g/mol. The standard InChI is InChI=1S/C36H48N2O/c1-3-5-8-12-30-16-18-33(19-17-30)29-38(36(39)34-22-20-31(21-23-34)13-9-6-4-2)35-24-26-37(27-25-35)28-32-14-10-7-11-15-32/h7,10-11,14-23,35H,3-6,8-9,12-13,24-29H2,1-2H3. The summed E-state index contributed by atoms with van der Waals surface area (Å²) in [5.74, 6) is 0.170. The molecule has 0 saturated carbocycles. The van der Waals surface area contributed by atoms with Gasteiger partial charge in [-0.2, -0.15) is 0 Å². The molecular weight excluding hydrogens is 476 g/mol. The molecule has 0 radical (unpaired) electrons. The Morgan fingerprint density at radius 1 is 0.692 bits per heavy atom. The van der Waals surface area contributed by atoms with Crippen molar-refractivity contribution in [2.45, 2.75) is 97.2 Å². The summed E-state index contributed by atoms with van der Waals surface area (Å²) in [5.41, 5.74) is 6.14. The van der Waals surface area contributed by atoms with E-state index in [-0.39, 0.29) is 11.9 Å². The zero-order valence-corrected chi connectivity index (χ0v) is 24.3. The second-order valence-corrected chi connectivity index (χ2v) is 11.4. The molecule has 1 heterocycles. The summed E-state index contributed by atoms with van der Waals surface area (Å²) < 4.78 is 0. The molecule has 208 valence electrons. The SMILES string of the molecule is CCCCCc1ccc(CN(C(=O)c2ccc(CCCCC)cc2)C2CCN(Cc3ccccc3)CC2)cc1. The minimum atomic E-state index is 0.170. The predicted molar refractivity (Wildman–Crippen MR) is 164 cm³/mol. The lowest BCUT2D eigenvalue weighted by Gasteiger charge is -2.39. The Bertz CT molecular complexity index is 1100. The minimum Gasteiger partial charge on any atom is -0.331 e. The highest BCUT2D eigenvalue weighted by Gasteiger charge is 2.29. The maximum absolute atomic E-state index is 13.9. The molecule has 1 fully saturated rings. The Labute approximate surface area is 237 Å². The molecule has 1 amide bonds. The molecular formula is C36H48N2O. The first-order valence-electron chi connectivity index (χ1n) is 15.4. The Kier molecular flexibility index (Phi) is 11.6. The van der Waals surface area contributed by atoms with Gasteiger partial charge in [0, 0.05) is 37.8 Å². The van der Waals surface area contributed by atoms with Crippen molar-refractivity contribution in [3.8, 4) is 0 Å². The lowest BCUT2D eigenvalue weighted by molar-refractivity contribution is 0.0543. The summed E-state index contributed by atoms with van der Waals surface area (Å²) in [7, 11) is 0. The summed E-state index contributed by atoms with van der Waals surface area (Å²) in [6.45, 7) is 8.20. The summed E-state index contributed by atoms with van der Waals surface area (Å²) in [6.07, 6.45) is 11.7. The lowest BCUT2D eigenvalue weighted by Crippen LogP contribution is -2.46. The van der Waals surface area contributed by atoms with Crippen LogP contribution in [0, 0.1) is 0 Å². The van der Waals surface area contributed by atoms with Gasteiger partial charge < -0.3 is 4.90 Å². The van der Waals surface area contributed by atoms with Crippen LogP contribution >= 0.6 is 0 Å². The van der Waals surface area contributed by atoms with Gasteiger partial charge in [0.2, 0.25) is 0 Å². The van der Waals surface area contributed by atoms with Crippen LogP contribution in [-0.2, 0) is 25.9 Å². The molecule has 1 aliphatic rings. The Balaban J connectivity index is 1.44. The number of carbonyl (C=O) groups is 1. The third-order valence-electron chi connectivity index (χ3n) is 8.22. The molecule has 1 aliphatic heterocycles. The van der Waals surface area contributed by atoms with Gasteiger partial charge >= 0.3 is 0 Å². The van der Waals surface area contributed by atoms with Crippen LogP contribution in [0.5, 0.6) is 0 Å². The molecule has 3 aromatic carbocycles. The third kappa shape index (κ3) is 9.07. The molecule has 39 heavy (non-hydrogen) atoms. The van der Waals surface area contributed by atoms with E-state index in [9.17, 15) is 4.79 Å². The molecule has 3 heteroatoms. The van der Waals surface area contributed by atoms with Crippen molar-refractivity contribution in [1.29, 1.82) is 0 Å². The summed E-state index contributed by atoms with van der Waals surface area (Å²) in [6, 6.07) is 28.4. The van der Waals surface area contributed by atoms with E-state index in [1.54, 1.807) is 0 Å². The molecule has 0 aromatic heterocycles. The van der Waals surface area contributed by atoms with E-state index in [0.29, 0.717) is 6.54 Å². The van der Waals surface area contributed by atoms with Crippen LogP contribution in [0.1, 0.15) is 97.8 Å². The van der Waals surface area contributed by atoms with Crippen LogP contribution in [0.15, 0.2) is 78.9 Å². The lowest BCUT2D eigenvalue weighted by atomic mass is 9.99. The molecule has 0 unspecified atom stereocenters. The van der Waals surface area contributed by atoms with Crippen LogP contribution in [0.4, 0.5) is 0 Å². The van der Waals surface area contributed by atoms with Gasteiger partial charge in [0.15, 0.2) is 0 Å². The van der Waals surface area contributed by atoms with Crippen molar-refractivity contribution in [3.63, 3.8) is 0 Å². The zero-order chi connectivity index (χ0) is 27.3. The normalized spacial score (nSPS) is 14.4. The van der Waals surface area contributed by atoms with Crippen molar-refractivity contribution >= 4 is 5.91 Å². The van der Waals surface area contributed by atoms with Gasteiger partial charge in [-0.15, -0.1) is 0 Å². The molecule has 0 bridgehead atoms. The molecule has 0 N–H and O–H groups in total. The van der Waals surface area contributed by atoms with Crippen LogP contribution in [0.2, 0.25) is 0 Å². The highest BCUT2D eigenvalue weighted by atomic mass is 16.2. The second-order valence-electron chi connectivity index (χ2n) is 11.4. The van der Waals surface area contributed by atoms with E-state index in [2.05, 4.69) is 103 Å². The number of hydrogen-bond acceptors (Lipinski definition) is 2. The fourth-order valence-electron chi connectivity index (χ4n) is 5.74. The quantitative estimate of drug-likeness (QED) is 0.198. The molecule has 0 aliphatic carbocycles. The van der Waals surface area contributed by atoms with Gasteiger partial charge in [-0.05, 0) is 72.9 Å². The number of benzene rings is 3. The van der Waals surface area contributed by atoms with Crippen molar-refractivity contribution < 1.29 is 4.79 Å². The number of aryl methyl sites for hydroxylation is 2. The first kappa shape index (κ1) is 29.1. The van der Waals surface area contributed by atoms with Crippen molar-refractivity contribution in [3.05, 3.63) is 107 Å². The van der Waals surface area contributed by atoms with E-state index in [1.807, 2.05) is 0 Å². The van der Waals surface area contributed by atoms with Gasteiger partial charge in [-0.3, -0.25) is 9.69 Å². The van der Waals surface area contributed by atoms with Crippen LogP contribution in [-0.4, -0.2) is 34.8 Å². The first-order valence-corrected chi connectivity index (χ1v) is 15.4. The van der Waals surface area contributed by atoms with Gasteiger partial charge in [0.1, 0.15) is 0 Å². The maximum atomic E-state index is 13.9. The van der Waals surface area contributed by atoms with Crippen molar-refractivity contribution in [1.82, 2.24) is 9.80 Å². The molecule has 3 nitrogen and oxygen atoms in total. The largest absolute Gasteiger partial charge is 0.331 e. The number of rotatable bonds is 14. The Morgan fingerprint density at radius 3 is 1.79 bits per heavy atom. The number of likely N-dealkylation sites (tertiary alicyclic amines) is 1. The average molecular weight is 525 g/mol. The van der Waals surface area contributed by atoms with E-state index < -0.39 is 0 Å². The van der Waals surface area contributed by atoms with Crippen LogP contribution < -0.4 is 0 Å². The number of carbonyl (C=O) groups excluding carboxylic acids is 1. The van der Waals surface area contributed by atoms with Gasteiger partial charge in [-0.25, -0.2) is 0 Å². The first-order chi connectivity index (χ1) is 19.2.